The molecular formula is C13H20N2O3. The molecule has 1 fully saturated rings. The van der Waals surface area contributed by atoms with Crippen molar-refractivity contribution in [1.29, 1.82) is 0 Å². The summed E-state index contributed by atoms with van der Waals surface area (Å²) in [4.78, 5) is 11.8. The third-order valence-corrected chi connectivity index (χ3v) is 3.54. The number of carbonyl (C=O) groups excluding carboxylic acids is 1. The van der Waals surface area contributed by atoms with Crippen LogP contribution in [-0.2, 0) is 16.1 Å². The number of ether oxygens (including phenoxy) is 1. The number of hydrogen-bond acceptors (Lipinski definition) is 3. The van der Waals surface area contributed by atoms with Crippen molar-refractivity contribution in [2.75, 3.05) is 26.4 Å². The number of nitrogens with zero attached hydrogens (tertiary/aromatic N) is 1. The van der Waals surface area contributed by atoms with Gasteiger partial charge in [-0.15, -0.1) is 0 Å². The molecule has 0 spiro atoms. The Morgan fingerprint density at radius 1 is 1.33 bits per heavy atom. The highest BCUT2D eigenvalue weighted by molar-refractivity contribution is 5.75. The molecule has 1 aromatic heterocycles. The maximum absolute atomic E-state index is 11.8. The van der Waals surface area contributed by atoms with E-state index in [1.54, 1.807) is 0 Å². The van der Waals surface area contributed by atoms with Crippen molar-refractivity contribution in [3.8, 4) is 0 Å². The molecule has 2 rings (SSSR count). The highest BCUT2D eigenvalue weighted by Gasteiger charge is 2.32. The van der Waals surface area contributed by atoms with E-state index in [0.29, 0.717) is 26.3 Å². The van der Waals surface area contributed by atoms with E-state index in [4.69, 9.17) is 4.74 Å². The van der Waals surface area contributed by atoms with Crippen LogP contribution in [0.2, 0.25) is 0 Å². The smallest absolute Gasteiger partial charge is 0.239 e. The van der Waals surface area contributed by atoms with Gasteiger partial charge in [0.05, 0.1) is 6.61 Å². The number of aliphatic hydroxyl groups is 1. The number of nitrogens with one attached hydrogen (secondary N) is 1. The van der Waals surface area contributed by atoms with Gasteiger partial charge in [0.2, 0.25) is 5.91 Å². The minimum absolute atomic E-state index is 0.0227. The number of hydrogen-bond donors (Lipinski definition) is 2. The van der Waals surface area contributed by atoms with Gasteiger partial charge in [-0.25, -0.2) is 0 Å². The van der Waals surface area contributed by atoms with E-state index < -0.39 is 0 Å². The molecule has 1 aliphatic heterocycles. The lowest BCUT2D eigenvalue weighted by Gasteiger charge is -2.35. The van der Waals surface area contributed by atoms with Crippen molar-refractivity contribution < 1.29 is 14.6 Å². The van der Waals surface area contributed by atoms with Gasteiger partial charge >= 0.3 is 0 Å². The number of aromatic nitrogens is 1. The van der Waals surface area contributed by atoms with Gasteiger partial charge in [-0.2, -0.15) is 0 Å². The Hall–Kier alpha value is -1.33. The zero-order valence-electron chi connectivity index (χ0n) is 10.5. The molecule has 18 heavy (non-hydrogen) atoms. The molecule has 0 radical (unpaired) electrons. The van der Waals surface area contributed by atoms with E-state index in [2.05, 4.69) is 5.32 Å². The van der Waals surface area contributed by atoms with Crippen molar-refractivity contribution in [3.05, 3.63) is 24.5 Å². The van der Waals surface area contributed by atoms with Crippen molar-refractivity contribution in [1.82, 2.24) is 9.88 Å². The summed E-state index contributed by atoms with van der Waals surface area (Å²) < 4.78 is 7.12. The van der Waals surface area contributed by atoms with Crippen molar-refractivity contribution >= 4 is 5.91 Å². The third kappa shape index (κ3) is 3.34. The fourth-order valence-corrected chi connectivity index (χ4v) is 2.18. The Morgan fingerprint density at radius 3 is 2.61 bits per heavy atom. The van der Waals surface area contributed by atoms with Crippen LogP contribution >= 0.6 is 0 Å². The second-order valence-corrected chi connectivity index (χ2v) is 4.90. The lowest BCUT2D eigenvalue weighted by Crippen LogP contribution is -2.44. The van der Waals surface area contributed by atoms with E-state index in [1.807, 2.05) is 29.1 Å². The van der Waals surface area contributed by atoms with Crippen LogP contribution in [0.15, 0.2) is 24.5 Å². The molecule has 5 heteroatoms. The lowest BCUT2D eigenvalue weighted by molar-refractivity contribution is -0.123. The van der Waals surface area contributed by atoms with E-state index >= 15 is 0 Å². The summed E-state index contributed by atoms with van der Waals surface area (Å²) in [5.74, 6) is -0.0227. The zero-order valence-corrected chi connectivity index (χ0v) is 10.5. The Morgan fingerprint density at radius 2 is 2.00 bits per heavy atom. The molecule has 2 heterocycles. The minimum atomic E-state index is -0.204. The monoisotopic (exact) mass is 252 g/mol. The van der Waals surface area contributed by atoms with Crippen molar-refractivity contribution in [2.24, 2.45) is 5.41 Å². The molecule has 0 bridgehead atoms. The van der Waals surface area contributed by atoms with Crippen LogP contribution in [0.25, 0.3) is 0 Å². The first-order valence-electron chi connectivity index (χ1n) is 6.30. The number of rotatable bonds is 5. The molecule has 2 N–H and O–H groups in total. The standard InChI is InChI=1S/C13H20N2O3/c16-11-13(3-7-18-8-4-13)10-14-12(17)9-15-5-1-2-6-15/h1-2,5-6,16H,3-4,7-11H2,(H,14,17). The molecule has 1 aliphatic rings. The molecule has 5 nitrogen and oxygen atoms in total. The largest absolute Gasteiger partial charge is 0.396 e. The molecule has 1 amide bonds. The molecule has 1 aromatic rings. The Kier molecular flexibility index (Phi) is 4.38. The molecule has 100 valence electrons. The van der Waals surface area contributed by atoms with Gasteiger partial charge in [0.15, 0.2) is 0 Å². The highest BCUT2D eigenvalue weighted by Crippen LogP contribution is 2.28. The molecule has 0 saturated carbocycles. The summed E-state index contributed by atoms with van der Waals surface area (Å²) in [7, 11) is 0. The summed E-state index contributed by atoms with van der Waals surface area (Å²) in [6, 6.07) is 3.78. The van der Waals surface area contributed by atoms with E-state index in [9.17, 15) is 9.90 Å². The first kappa shape index (κ1) is 13.1. The maximum Gasteiger partial charge on any atom is 0.239 e. The first-order chi connectivity index (χ1) is 8.74. The van der Waals surface area contributed by atoms with E-state index in [-0.39, 0.29) is 17.9 Å². The Balaban J connectivity index is 1.80. The molecular weight excluding hydrogens is 232 g/mol. The summed E-state index contributed by atoms with van der Waals surface area (Å²) in [5.41, 5.74) is -0.204. The first-order valence-corrected chi connectivity index (χ1v) is 6.30. The van der Waals surface area contributed by atoms with Crippen LogP contribution in [0.5, 0.6) is 0 Å². The topological polar surface area (TPSA) is 63.5 Å². The quantitative estimate of drug-likeness (QED) is 0.797. The van der Waals surface area contributed by atoms with Crippen LogP contribution in [0.3, 0.4) is 0 Å². The average Bonchev–Trinajstić information content (AvgIpc) is 2.90. The minimum Gasteiger partial charge on any atom is -0.396 e. The predicted octanol–water partition coefficient (Wildman–Crippen LogP) is 0.393. The molecule has 0 aliphatic carbocycles. The van der Waals surface area contributed by atoms with Gasteiger partial charge in [0.25, 0.3) is 0 Å². The second kappa shape index (κ2) is 6.02. The third-order valence-electron chi connectivity index (χ3n) is 3.54. The number of amides is 1. The van der Waals surface area contributed by atoms with Crippen LogP contribution < -0.4 is 5.32 Å². The fourth-order valence-electron chi connectivity index (χ4n) is 2.18. The Labute approximate surface area is 107 Å². The van der Waals surface area contributed by atoms with Gasteiger partial charge in [0.1, 0.15) is 6.54 Å². The van der Waals surface area contributed by atoms with Crippen molar-refractivity contribution in [3.63, 3.8) is 0 Å². The summed E-state index contributed by atoms with van der Waals surface area (Å²) in [6.07, 6.45) is 5.31. The van der Waals surface area contributed by atoms with Crippen LogP contribution in [-0.4, -0.2) is 41.9 Å². The zero-order chi connectivity index (χ0) is 12.8. The highest BCUT2D eigenvalue weighted by atomic mass is 16.5. The second-order valence-electron chi connectivity index (χ2n) is 4.90. The van der Waals surface area contributed by atoms with Crippen LogP contribution in [0, 0.1) is 5.41 Å². The Bertz CT molecular complexity index is 370. The summed E-state index contributed by atoms with van der Waals surface area (Å²) >= 11 is 0. The molecule has 0 atom stereocenters. The SMILES string of the molecule is O=C(Cn1cccc1)NCC1(CO)CCOCC1. The predicted molar refractivity (Wildman–Crippen MR) is 67.0 cm³/mol. The summed E-state index contributed by atoms with van der Waals surface area (Å²) in [5, 5.41) is 12.4. The van der Waals surface area contributed by atoms with Gasteiger partial charge in [-0.3, -0.25) is 4.79 Å². The summed E-state index contributed by atoms with van der Waals surface area (Å²) in [6.45, 7) is 2.26. The normalized spacial score (nSPS) is 18.5. The van der Waals surface area contributed by atoms with Crippen molar-refractivity contribution in [2.45, 2.75) is 19.4 Å². The number of carbonyl (C=O) groups is 1. The van der Waals surface area contributed by atoms with Gasteiger partial charge in [-0.1, -0.05) is 0 Å². The van der Waals surface area contributed by atoms with Gasteiger partial charge in [-0.05, 0) is 25.0 Å². The fraction of sp³-hybridized carbons (Fsp3) is 0.615. The number of aliphatic hydroxyl groups excluding tert-OH is 1. The maximum atomic E-state index is 11.8. The van der Waals surface area contributed by atoms with Crippen LogP contribution in [0.4, 0.5) is 0 Å². The molecule has 0 aromatic carbocycles. The van der Waals surface area contributed by atoms with Gasteiger partial charge in [0, 0.05) is 37.6 Å². The van der Waals surface area contributed by atoms with E-state index in [1.165, 1.54) is 0 Å². The van der Waals surface area contributed by atoms with Crippen LogP contribution in [0.1, 0.15) is 12.8 Å². The van der Waals surface area contributed by atoms with E-state index in [0.717, 1.165) is 12.8 Å². The average molecular weight is 252 g/mol. The molecule has 1 saturated heterocycles. The molecule has 0 unspecified atom stereocenters. The lowest BCUT2D eigenvalue weighted by atomic mass is 9.81. The van der Waals surface area contributed by atoms with Gasteiger partial charge < -0.3 is 19.7 Å².